The third-order valence-corrected chi connectivity index (χ3v) is 4.79. The standard InChI is InChI=1S/C16H24ClN/c1-11(2)12-6-7-14(10-18)16(9-12)13-4-3-5-15(17)8-13/h3-5,8,11-12,14,16H,6-7,9-10,18H2,1-2H3. The van der Waals surface area contributed by atoms with Crippen LogP contribution in [0.15, 0.2) is 24.3 Å². The molecule has 2 rings (SSSR count). The first kappa shape index (κ1) is 13.9. The maximum Gasteiger partial charge on any atom is 0.0408 e. The summed E-state index contributed by atoms with van der Waals surface area (Å²) in [7, 11) is 0. The normalized spacial score (nSPS) is 28.6. The molecule has 0 radical (unpaired) electrons. The van der Waals surface area contributed by atoms with Gasteiger partial charge in [0.1, 0.15) is 0 Å². The Morgan fingerprint density at radius 1 is 1.33 bits per heavy atom. The summed E-state index contributed by atoms with van der Waals surface area (Å²) in [6.07, 6.45) is 3.85. The third-order valence-electron chi connectivity index (χ3n) is 4.56. The van der Waals surface area contributed by atoms with Crippen molar-refractivity contribution in [3.05, 3.63) is 34.9 Å². The smallest absolute Gasteiger partial charge is 0.0408 e. The molecule has 3 atom stereocenters. The van der Waals surface area contributed by atoms with Gasteiger partial charge in [0.05, 0.1) is 0 Å². The van der Waals surface area contributed by atoms with Crippen molar-refractivity contribution in [2.24, 2.45) is 23.5 Å². The first-order chi connectivity index (χ1) is 8.61. The Kier molecular flexibility index (Phi) is 4.69. The van der Waals surface area contributed by atoms with Gasteiger partial charge >= 0.3 is 0 Å². The number of hydrogen-bond acceptors (Lipinski definition) is 1. The number of benzene rings is 1. The van der Waals surface area contributed by atoms with Crippen LogP contribution in [-0.2, 0) is 0 Å². The van der Waals surface area contributed by atoms with Gasteiger partial charge in [0.2, 0.25) is 0 Å². The summed E-state index contributed by atoms with van der Waals surface area (Å²) in [6, 6.07) is 8.34. The third kappa shape index (κ3) is 3.07. The Bertz CT molecular complexity index is 388. The second-order valence-corrected chi connectivity index (χ2v) is 6.41. The Labute approximate surface area is 116 Å². The zero-order valence-electron chi connectivity index (χ0n) is 11.4. The fraction of sp³-hybridized carbons (Fsp3) is 0.625. The van der Waals surface area contributed by atoms with Gasteiger partial charge in [-0.2, -0.15) is 0 Å². The molecule has 1 aliphatic carbocycles. The maximum atomic E-state index is 6.12. The van der Waals surface area contributed by atoms with Crippen LogP contribution in [0.2, 0.25) is 5.02 Å². The maximum absolute atomic E-state index is 6.12. The van der Waals surface area contributed by atoms with E-state index in [1.807, 2.05) is 6.07 Å². The van der Waals surface area contributed by atoms with Crippen LogP contribution in [0.4, 0.5) is 0 Å². The van der Waals surface area contributed by atoms with Crippen LogP contribution in [0.25, 0.3) is 0 Å². The predicted molar refractivity (Wildman–Crippen MR) is 78.9 cm³/mol. The van der Waals surface area contributed by atoms with Crippen LogP contribution in [0.3, 0.4) is 0 Å². The molecule has 18 heavy (non-hydrogen) atoms. The summed E-state index contributed by atoms with van der Waals surface area (Å²) < 4.78 is 0. The van der Waals surface area contributed by atoms with Crippen molar-refractivity contribution in [2.75, 3.05) is 6.54 Å². The van der Waals surface area contributed by atoms with E-state index in [1.165, 1.54) is 24.8 Å². The van der Waals surface area contributed by atoms with Gasteiger partial charge < -0.3 is 5.73 Å². The van der Waals surface area contributed by atoms with E-state index >= 15 is 0 Å². The highest BCUT2D eigenvalue weighted by Gasteiger charge is 2.31. The molecule has 1 fully saturated rings. The molecule has 3 unspecified atom stereocenters. The van der Waals surface area contributed by atoms with E-state index in [0.717, 1.165) is 23.4 Å². The number of halogens is 1. The Balaban J connectivity index is 2.20. The van der Waals surface area contributed by atoms with Crippen LogP contribution >= 0.6 is 11.6 Å². The lowest BCUT2D eigenvalue weighted by Crippen LogP contribution is -2.30. The number of nitrogens with two attached hydrogens (primary N) is 1. The van der Waals surface area contributed by atoms with Crippen molar-refractivity contribution in [2.45, 2.75) is 39.0 Å². The molecule has 1 saturated carbocycles. The number of rotatable bonds is 3. The van der Waals surface area contributed by atoms with Crippen LogP contribution < -0.4 is 5.73 Å². The molecular weight excluding hydrogens is 242 g/mol. The molecule has 1 aromatic rings. The van der Waals surface area contributed by atoms with Crippen molar-refractivity contribution < 1.29 is 0 Å². The molecule has 0 saturated heterocycles. The summed E-state index contributed by atoms with van der Waals surface area (Å²) >= 11 is 6.12. The lowest BCUT2D eigenvalue weighted by Gasteiger charge is -2.37. The van der Waals surface area contributed by atoms with Gasteiger partial charge in [-0.1, -0.05) is 37.6 Å². The monoisotopic (exact) mass is 265 g/mol. The van der Waals surface area contributed by atoms with Gasteiger partial charge in [-0.05, 0) is 67.2 Å². The van der Waals surface area contributed by atoms with Crippen molar-refractivity contribution in [3.63, 3.8) is 0 Å². The quantitative estimate of drug-likeness (QED) is 0.858. The van der Waals surface area contributed by atoms with Gasteiger partial charge in [0.15, 0.2) is 0 Å². The van der Waals surface area contributed by atoms with E-state index in [9.17, 15) is 0 Å². The van der Waals surface area contributed by atoms with E-state index in [2.05, 4.69) is 32.0 Å². The summed E-state index contributed by atoms with van der Waals surface area (Å²) in [4.78, 5) is 0. The second-order valence-electron chi connectivity index (χ2n) is 5.97. The van der Waals surface area contributed by atoms with Crippen LogP contribution in [0, 0.1) is 17.8 Å². The molecule has 1 nitrogen and oxygen atoms in total. The Morgan fingerprint density at radius 3 is 2.72 bits per heavy atom. The van der Waals surface area contributed by atoms with Crippen LogP contribution in [0.5, 0.6) is 0 Å². The highest BCUT2D eigenvalue weighted by molar-refractivity contribution is 6.30. The van der Waals surface area contributed by atoms with Crippen molar-refractivity contribution >= 4 is 11.6 Å². The van der Waals surface area contributed by atoms with E-state index in [0.29, 0.717) is 11.8 Å². The molecule has 1 aromatic carbocycles. The Hall–Kier alpha value is -0.530. The molecule has 2 N–H and O–H groups in total. The topological polar surface area (TPSA) is 26.0 Å². The molecule has 0 heterocycles. The van der Waals surface area contributed by atoms with Gasteiger partial charge in [-0.3, -0.25) is 0 Å². The van der Waals surface area contributed by atoms with E-state index in [4.69, 9.17) is 17.3 Å². The lowest BCUT2D eigenvalue weighted by atomic mass is 9.68. The molecule has 0 aromatic heterocycles. The summed E-state index contributed by atoms with van der Waals surface area (Å²) in [5.74, 6) is 2.82. The van der Waals surface area contributed by atoms with Crippen molar-refractivity contribution in [1.29, 1.82) is 0 Å². The highest BCUT2D eigenvalue weighted by atomic mass is 35.5. The Morgan fingerprint density at radius 2 is 2.11 bits per heavy atom. The van der Waals surface area contributed by atoms with Gasteiger partial charge in [0, 0.05) is 5.02 Å². The largest absolute Gasteiger partial charge is 0.330 e. The first-order valence-electron chi connectivity index (χ1n) is 7.07. The minimum atomic E-state index is 0.592. The van der Waals surface area contributed by atoms with Gasteiger partial charge in [-0.15, -0.1) is 0 Å². The highest BCUT2D eigenvalue weighted by Crippen LogP contribution is 2.43. The fourth-order valence-corrected chi connectivity index (χ4v) is 3.50. The van der Waals surface area contributed by atoms with Crippen molar-refractivity contribution in [3.8, 4) is 0 Å². The van der Waals surface area contributed by atoms with E-state index < -0.39 is 0 Å². The SMILES string of the molecule is CC(C)C1CCC(CN)C(c2cccc(Cl)c2)C1. The van der Waals surface area contributed by atoms with Crippen LogP contribution in [0.1, 0.15) is 44.6 Å². The minimum Gasteiger partial charge on any atom is -0.330 e. The minimum absolute atomic E-state index is 0.592. The molecule has 1 aliphatic rings. The fourth-order valence-electron chi connectivity index (χ4n) is 3.30. The van der Waals surface area contributed by atoms with Crippen molar-refractivity contribution in [1.82, 2.24) is 0 Å². The molecule has 100 valence electrons. The average Bonchev–Trinajstić information content (AvgIpc) is 2.38. The van der Waals surface area contributed by atoms with Crippen LogP contribution in [-0.4, -0.2) is 6.54 Å². The molecule has 2 heteroatoms. The second kappa shape index (κ2) is 6.08. The zero-order valence-corrected chi connectivity index (χ0v) is 12.2. The summed E-state index contributed by atoms with van der Waals surface area (Å²) in [5.41, 5.74) is 7.34. The van der Waals surface area contributed by atoms with Gasteiger partial charge in [0.25, 0.3) is 0 Å². The molecule has 0 spiro atoms. The summed E-state index contributed by atoms with van der Waals surface area (Å²) in [6.45, 7) is 5.47. The average molecular weight is 266 g/mol. The lowest BCUT2D eigenvalue weighted by molar-refractivity contribution is 0.197. The molecule has 0 bridgehead atoms. The molecule has 0 amide bonds. The molecular formula is C16H24ClN. The van der Waals surface area contributed by atoms with E-state index in [1.54, 1.807) is 0 Å². The number of hydrogen-bond donors (Lipinski definition) is 1. The molecule has 0 aliphatic heterocycles. The summed E-state index contributed by atoms with van der Waals surface area (Å²) in [5, 5.41) is 0.843. The first-order valence-corrected chi connectivity index (χ1v) is 7.45. The van der Waals surface area contributed by atoms with Gasteiger partial charge in [-0.25, -0.2) is 0 Å². The van der Waals surface area contributed by atoms with E-state index in [-0.39, 0.29) is 0 Å². The predicted octanol–water partition coefficient (Wildman–Crippen LogP) is 4.45. The zero-order chi connectivity index (χ0) is 13.1.